The molecule has 208 valence electrons. The second-order valence-electron chi connectivity index (χ2n) is 14.5. The van der Waals surface area contributed by atoms with E-state index in [9.17, 15) is 9.59 Å². The van der Waals surface area contributed by atoms with E-state index in [4.69, 9.17) is 19.3 Å². The van der Waals surface area contributed by atoms with Crippen molar-refractivity contribution in [2.24, 2.45) is 52.3 Å². The Kier molecular flexibility index (Phi) is 6.50. The lowest BCUT2D eigenvalue weighted by Crippen LogP contribution is -2.55. The number of carboxylic acid groups (broad SMARTS) is 1. The molecule has 6 rings (SSSR count). The quantitative estimate of drug-likeness (QED) is 0.448. The van der Waals surface area contributed by atoms with Gasteiger partial charge in [0.2, 0.25) is 0 Å². The van der Waals surface area contributed by atoms with E-state index in [1.54, 1.807) is 0 Å². The Morgan fingerprint density at radius 2 is 1.70 bits per heavy atom. The van der Waals surface area contributed by atoms with Crippen molar-refractivity contribution in [3.63, 3.8) is 0 Å². The number of hydrogen-bond donors (Lipinski definition) is 1. The van der Waals surface area contributed by atoms with Crippen LogP contribution in [0.5, 0.6) is 0 Å². The van der Waals surface area contributed by atoms with Gasteiger partial charge in [-0.25, -0.2) is 0 Å². The molecule has 6 unspecified atom stereocenters. The first-order valence-electron chi connectivity index (χ1n) is 15.3. The van der Waals surface area contributed by atoms with Gasteiger partial charge in [-0.15, -0.1) is 0 Å². The zero-order valence-corrected chi connectivity index (χ0v) is 23.4. The van der Waals surface area contributed by atoms with Gasteiger partial charge in [0.15, 0.2) is 5.79 Å². The molecule has 12 atom stereocenters. The standard InChI is InChI=1S/C31H48O6/c1-18-9-14-31(35-17-18)19(2)28-25(37-31)16-24-22-6-5-20-15-21(36-27(34)8-7-26(32)33)10-12-29(20,3)23(22)11-13-30(24,28)4/h18-25,28H,5-17H2,1-4H3,(H,32,33)/t18?,19?,20-,21-,22?,23?,24?,25+,28?,29+,30+,31-/m1/s1. The molecule has 0 aromatic rings. The molecular weight excluding hydrogens is 468 g/mol. The lowest BCUT2D eigenvalue weighted by Gasteiger charge is -2.61. The van der Waals surface area contributed by atoms with Crippen LogP contribution in [0, 0.1) is 52.3 Å². The van der Waals surface area contributed by atoms with Crippen LogP contribution in [0.3, 0.4) is 0 Å². The van der Waals surface area contributed by atoms with Gasteiger partial charge in [-0.3, -0.25) is 9.59 Å². The third-order valence-electron chi connectivity index (χ3n) is 12.7. The Morgan fingerprint density at radius 3 is 2.43 bits per heavy atom. The highest BCUT2D eigenvalue weighted by molar-refractivity contribution is 5.76. The highest BCUT2D eigenvalue weighted by Crippen LogP contribution is 2.71. The van der Waals surface area contributed by atoms with E-state index in [2.05, 4.69) is 27.7 Å². The monoisotopic (exact) mass is 516 g/mol. The fraction of sp³-hybridized carbons (Fsp3) is 0.935. The number of carbonyl (C=O) groups is 2. The summed E-state index contributed by atoms with van der Waals surface area (Å²) in [5.41, 5.74) is 0.670. The number of fused-ring (bicyclic) bond motifs is 7. The van der Waals surface area contributed by atoms with Crippen molar-refractivity contribution in [2.45, 2.75) is 123 Å². The van der Waals surface area contributed by atoms with Gasteiger partial charge >= 0.3 is 11.9 Å². The van der Waals surface area contributed by atoms with Gasteiger partial charge in [0.25, 0.3) is 0 Å². The van der Waals surface area contributed by atoms with Gasteiger partial charge < -0.3 is 19.3 Å². The molecule has 37 heavy (non-hydrogen) atoms. The van der Waals surface area contributed by atoms with Crippen LogP contribution in [0.1, 0.15) is 105 Å². The van der Waals surface area contributed by atoms with E-state index in [-0.39, 0.29) is 30.7 Å². The first-order valence-corrected chi connectivity index (χ1v) is 15.3. The number of carbonyl (C=O) groups excluding carboxylic acids is 1. The Labute approximate surface area is 222 Å². The zero-order valence-electron chi connectivity index (χ0n) is 23.4. The average Bonchev–Trinajstić information content (AvgIpc) is 3.30. The fourth-order valence-electron chi connectivity index (χ4n) is 10.8. The molecule has 0 radical (unpaired) electrons. The third kappa shape index (κ3) is 4.10. The summed E-state index contributed by atoms with van der Waals surface area (Å²) in [6.07, 6.45) is 11.7. The zero-order chi connectivity index (χ0) is 26.2. The maximum atomic E-state index is 12.2. The number of carboxylic acids is 1. The van der Waals surface area contributed by atoms with Gasteiger partial charge in [-0.1, -0.05) is 27.7 Å². The summed E-state index contributed by atoms with van der Waals surface area (Å²) < 4.78 is 19.2. The van der Waals surface area contributed by atoms with Crippen molar-refractivity contribution in [3.05, 3.63) is 0 Å². The summed E-state index contributed by atoms with van der Waals surface area (Å²) in [5.74, 6) is 2.96. The molecule has 0 aromatic heterocycles. The molecule has 2 saturated heterocycles. The predicted octanol–water partition coefficient (Wildman–Crippen LogP) is 6.21. The largest absolute Gasteiger partial charge is 0.481 e. The van der Waals surface area contributed by atoms with Crippen molar-refractivity contribution in [1.82, 2.24) is 0 Å². The van der Waals surface area contributed by atoms with Crippen LogP contribution in [0.25, 0.3) is 0 Å². The first kappa shape index (κ1) is 26.1. The molecule has 2 aliphatic heterocycles. The Bertz CT molecular complexity index is 909. The number of rotatable bonds is 4. The molecule has 0 aromatic carbocycles. The molecule has 4 saturated carbocycles. The summed E-state index contributed by atoms with van der Waals surface area (Å²) >= 11 is 0. The van der Waals surface area contributed by atoms with Gasteiger partial charge in [-0.05, 0) is 104 Å². The van der Waals surface area contributed by atoms with Gasteiger partial charge in [-0.2, -0.15) is 0 Å². The van der Waals surface area contributed by atoms with Crippen LogP contribution >= 0.6 is 0 Å². The first-order chi connectivity index (χ1) is 17.6. The van der Waals surface area contributed by atoms with Crippen molar-refractivity contribution in [2.75, 3.05) is 6.61 Å². The SMILES string of the molecule is CC1CC[C@@]2(OC1)O[C@H]1CC3C4CC[C@@H]5C[C@H](OC(=O)CCC(=O)O)CC[C@]5(C)C4CC[C@]3(C)C1C2C. The molecule has 1 N–H and O–H groups in total. The van der Waals surface area contributed by atoms with E-state index < -0.39 is 5.97 Å². The Morgan fingerprint density at radius 1 is 0.919 bits per heavy atom. The fourth-order valence-corrected chi connectivity index (χ4v) is 10.8. The maximum Gasteiger partial charge on any atom is 0.306 e. The van der Waals surface area contributed by atoms with Crippen molar-refractivity contribution >= 4 is 11.9 Å². The summed E-state index contributed by atoms with van der Waals surface area (Å²) in [5, 5.41) is 8.87. The highest BCUT2D eigenvalue weighted by atomic mass is 16.7. The second-order valence-corrected chi connectivity index (χ2v) is 14.5. The van der Waals surface area contributed by atoms with Crippen LogP contribution in [0.2, 0.25) is 0 Å². The molecule has 6 nitrogen and oxygen atoms in total. The van der Waals surface area contributed by atoms with E-state index in [0.29, 0.717) is 40.6 Å². The summed E-state index contributed by atoms with van der Waals surface area (Å²) in [7, 11) is 0. The van der Waals surface area contributed by atoms with E-state index >= 15 is 0 Å². The molecule has 0 amide bonds. The number of hydrogen-bond acceptors (Lipinski definition) is 5. The summed E-state index contributed by atoms with van der Waals surface area (Å²) in [4.78, 5) is 23.0. The van der Waals surface area contributed by atoms with Crippen molar-refractivity contribution in [3.8, 4) is 0 Å². The maximum absolute atomic E-state index is 12.2. The van der Waals surface area contributed by atoms with Crippen LogP contribution < -0.4 is 0 Å². The predicted molar refractivity (Wildman–Crippen MR) is 138 cm³/mol. The van der Waals surface area contributed by atoms with Crippen LogP contribution in [-0.4, -0.2) is 41.6 Å². The molecular formula is C31H48O6. The van der Waals surface area contributed by atoms with Crippen LogP contribution in [0.4, 0.5) is 0 Å². The van der Waals surface area contributed by atoms with E-state index in [0.717, 1.165) is 50.0 Å². The Balaban J connectivity index is 1.13. The number of aliphatic carboxylic acids is 1. The third-order valence-corrected chi connectivity index (χ3v) is 12.7. The van der Waals surface area contributed by atoms with Crippen LogP contribution in [0.15, 0.2) is 0 Å². The minimum atomic E-state index is -0.942. The second kappa shape index (κ2) is 9.21. The van der Waals surface area contributed by atoms with E-state index in [1.165, 1.54) is 38.5 Å². The molecule has 2 heterocycles. The van der Waals surface area contributed by atoms with Crippen molar-refractivity contribution < 1.29 is 28.9 Å². The average molecular weight is 517 g/mol. The molecule has 4 aliphatic carbocycles. The molecule has 6 heteroatoms. The normalized spacial score (nSPS) is 52.6. The molecule has 6 fully saturated rings. The van der Waals surface area contributed by atoms with Gasteiger partial charge in [0.05, 0.1) is 25.6 Å². The molecule has 1 spiro atoms. The lowest BCUT2D eigenvalue weighted by atomic mass is 9.44. The van der Waals surface area contributed by atoms with E-state index in [1.807, 2.05) is 0 Å². The Hall–Kier alpha value is -1.14. The summed E-state index contributed by atoms with van der Waals surface area (Å²) in [6, 6.07) is 0. The number of ether oxygens (including phenoxy) is 3. The topological polar surface area (TPSA) is 82.1 Å². The minimum absolute atomic E-state index is 0.0209. The van der Waals surface area contributed by atoms with Gasteiger partial charge in [0, 0.05) is 12.3 Å². The lowest BCUT2D eigenvalue weighted by molar-refractivity contribution is -0.273. The molecule has 0 bridgehead atoms. The molecule has 6 aliphatic rings. The highest BCUT2D eigenvalue weighted by Gasteiger charge is 2.69. The van der Waals surface area contributed by atoms with Crippen molar-refractivity contribution in [1.29, 1.82) is 0 Å². The summed E-state index contributed by atoms with van der Waals surface area (Å²) in [6.45, 7) is 10.7. The van der Waals surface area contributed by atoms with Gasteiger partial charge in [0.1, 0.15) is 6.10 Å². The minimum Gasteiger partial charge on any atom is -0.481 e. The smallest absolute Gasteiger partial charge is 0.306 e. The van der Waals surface area contributed by atoms with Crippen LogP contribution in [-0.2, 0) is 23.8 Å². The number of esters is 1.